The summed E-state index contributed by atoms with van der Waals surface area (Å²) in [5, 5.41) is 9.57. The number of ether oxygens (including phenoxy) is 1. The molecular weight excluding hydrogens is 420 g/mol. The van der Waals surface area contributed by atoms with Gasteiger partial charge in [-0.2, -0.15) is 0 Å². The fourth-order valence-corrected chi connectivity index (χ4v) is 3.54. The summed E-state index contributed by atoms with van der Waals surface area (Å²) in [6.07, 6.45) is 3.14. The minimum absolute atomic E-state index is 0.156. The second-order valence-corrected chi connectivity index (χ2v) is 7.44. The van der Waals surface area contributed by atoms with Gasteiger partial charge >= 0.3 is 0 Å². The van der Waals surface area contributed by atoms with Crippen LogP contribution < -0.4 is 15.5 Å². The Morgan fingerprint density at radius 3 is 2.36 bits per heavy atom. The van der Waals surface area contributed by atoms with Gasteiger partial charge in [0, 0.05) is 48.0 Å². The Hall–Kier alpha value is -4.24. The van der Waals surface area contributed by atoms with Gasteiger partial charge < -0.3 is 24.8 Å². The van der Waals surface area contributed by atoms with E-state index in [1.165, 1.54) is 18.0 Å². The summed E-state index contributed by atoms with van der Waals surface area (Å²) in [5.74, 6) is 0.311. The largest absolute Gasteiger partial charge is 0.378 e. The molecule has 3 heterocycles. The normalized spacial score (nSPS) is 13.5. The molecule has 0 unspecified atom stereocenters. The van der Waals surface area contributed by atoms with Crippen LogP contribution in [0.3, 0.4) is 0 Å². The third kappa shape index (κ3) is 4.99. The highest BCUT2D eigenvalue weighted by molar-refractivity contribution is 6.02. The lowest BCUT2D eigenvalue weighted by Crippen LogP contribution is -2.36. The third-order valence-electron chi connectivity index (χ3n) is 5.26. The molecule has 1 fully saturated rings. The molecule has 9 heteroatoms. The van der Waals surface area contributed by atoms with Crippen molar-refractivity contribution in [3.63, 3.8) is 0 Å². The molecule has 166 valence electrons. The molecule has 0 radical (unpaired) electrons. The number of rotatable bonds is 6. The topological polar surface area (TPSA) is 105 Å². The molecular formula is C24H22N6O3. The second kappa shape index (κ2) is 9.49. The molecule has 2 N–H and O–H groups in total. The Labute approximate surface area is 190 Å². The molecule has 0 spiro atoms. The number of morpholine rings is 1. The van der Waals surface area contributed by atoms with Crippen molar-refractivity contribution in [3.8, 4) is 11.3 Å². The van der Waals surface area contributed by atoms with E-state index in [2.05, 4.69) is 42.8 Å². The molecule has 2 aromatic carbocycles. The number of nitrogens with zero attached hydrogens (tertiary/aromatic N) is 4. The Bertz CT molecular complexity index is 1200. The molecule has 0 aliphatic carbocycles. The fraction of sp³-hybridized carbons (Fsp3) is 0.167. The molecule has 2 aromatic heterocycles. The predicted octanol–water partition coefficient (Wildman–Crippen LogP) is 3.96. The maximum absolute atomic E-state index is 12.1. The summed E-state index contributed by atoms with van der Waals surface area (Å²) in [4.78, 5) is 23.3. The maximum Gasteiger partial charge on any atom is 0.294 e. The number of amides is 1. The van der Waals surface area contributed by atoms with E-state index in [4.69, 9.17) is 9.26 Å². The quantitative estimate of drug-likeness (QED) is 0.462. The van der Waals surface area contributed by atoms with Crippen LogP contribution in [0.25, 0.3) is 11.3 Å². The Morgan fingerprint density at radius 2 is 1.64 bits per heavy atom. The highest BCUT2D eigenvalue weighted by Crippen LogP contribution is 2.23. The molecule has 0 saturated carbocycles. The van der Waals surface area contributed by atoms with E-state index in [9.17, 15) is 4.79 Å². The highest BCUT2D eigenvalue weighted by Gasteiger charge is 2.12. The molecule has 1 saturated heterocycles. The highest BCUT2D eigenvalue weighted by atomic mass is 16.5. The predicted molar refractivity (Wildman–Crippen MR) is 125 cm³/mol. The molecule has 0 atom stereocenters. The number of anilines is 4. The number of carbonyl (C=O) groups is 1. The SMILES string of the molecule is O=C(Nc1ccc(-c2ccnc(Nc3ccc(N4CCOCC4)cc3)n2)cc1)c1ccno1. The average molecular weight is 442 g/mol. The Morgan fingerprint density at radius 1 is 0.879 bits per heavy atom. The zero-order valence-corrected chi connectivity index (χ0v) is 17.8. The lowest BCUT2D eigenvalue weighted by molar-refractivity contribution is 0.0988. The number of nitrogens with one attached hydrogen (secondary N) is 2. The van der Waals surface area contributed by atoms with Gasteiger partial charge in [-0.1, -0.05) is 17.3 Å². The van der Waals surface area contributed by atoms with E-state index in [0.29, 0.717) is 11.6 Å². The number of aromatic nitrogens is 3. The van der Waals surface area contributed by atoms with Crippen molar-refractivity contribution in [2.45, 2.75) is 0 Å². The van der Waals surface area contributed by atoms with E-state index in [0.717, 1.165) is 43.2 Å². The van der Waals surface area contributed by atoms with Gasteiger partial charge in [0.2, 0.25) is 11.7 Å². The van der Waals surface area contributed by atoms with Crippen LogP contribution in [0.1, 0.15) is 10.6 Å². The van der Waals surface area contributed by atoms with Crippen LogP contribution in [0, 0.1) is 0 Å². The van der Waals surface area contributed by atoms with Gasteiger partial charge in [-0.25, -0.2) is 9.97 Å². The average Bonchev–Trinajstić information content (AvgIpc) is 3.41. The summed E-state index contributed by atoms with van der Waals surface area (Å²) >= 11 is 0. The molecule has 1 aliphatic heterocycles. The van der Waals surface area contributed by atoms with Gasteiger partial charge in [-0.05, 0) is 42.5 Å². The maximum atomic E-state index is 12.1. The summed E-state index contributed by atoms with van der Waals surface area (Å²) in [7, 11) is 0. The summed E-state index contributed by atoms with van der Waals surface area (Å²) in [6.45, 7) is 3.33. The van der Waals surface area contributed by atoms with Crippen molar-refractivity contribution in [1.29, 1.82) is 0 Å². The van der Waals surface area contributed by atoms with Crippen LogP contribution in [-0.4, -0.2) is 47.3 Å². The van der Waals surface area contributed by atoms with E-state index in [1.54, 1.807) is 6.20 Å². The van der Waals surface area contributed by atoms with Crippen LogP contribution in [0.4, 0.5) is 23.0 Å². The van der Waals surface area contributed by atoms with E-state index in [-0.39, 0.29) is 11.7 Å². The first kappa shape index (κ1) is 20.7. The summed E-state index contributed by atoms with van der Waals surface area (Å²) in [6, 6.07) is 19.0. The monoisotopic (exact) mass is 442 g/mol. The van der Waals surface area contributed by atoms with Gasteiger partial charge in [0.25, 0.3) is 5.91 Å². The molecule has 4 aromatic rings. The van der Waals surface area contributed by atoms with Crippen LogP contribution in [-0.2, 0) is 4.74 Å². The molecule has 5 rings (SSSR count). The van der Waals surface area contributed by atoms with Gasteiger partial charge in [-0.15, -0.1) is 0 Å². The number of carbonyl (C=O) groups excluding carboxylic acids is 1. The van der Waals surface area contributed by atoms with E-state index in [1.807, 2.05) is 42.5 Å². The van der Waals surface area contributed by atoms with Crippen molar-refractivity contribution >= 4 is 28.9 Å². The van der Waals surface area contributed by atoms with Crippen LogP contribution in [0.15, 0.2) is 77.6 Å². The van der Waals surface area contributed by atoms with Crippen molar-refractivity contribution in [2.75, 3.05) is 41.8 Å². The first-order valence-electron chi connectivity index (χ1n) is 10.6. The second-order valence-electron chi connectivity index (χ2n) is 7.44. The number of benzene rings is 2. The van der Waals surface area contributed by atoms with Gasteiger partial charge in [0.15, 0.2) is 0 Å². The fourth-order valence-electron chi connectivity index (χ4n) is 3.54. The van der Waals surface area contributed by atoms with Gasteiger partial charge in [0.1, 0.15) is 0 Å². The lowest BCUT2D eigenvalue weighted by Gasteiger charge is -2.28. The summed E-state index contributed by atoms with van der Waals surface area (Å²) < 4.78 is 10.3. The third-order valence-corrected chi connectivity index (χ3v) is 5.26. The minimum atomic E-state index is -0.353. The van der Waals surface area contributed by atoms with Crippen LogP contribution in [0.2, 0.25) is 0 Å². The molecule has 0 bridgehead atoms. The molecule has 9 nitrogen and oxygen atoms in total. The summed E-state index contributed by atoms with van der Waals surface area (Å²) in [5.41, 5.74) is 4.41. The zero-order chi connectivity index (χ0) is 22.5. The molecule has 33 heavy (non-hydrogen) atoms. The molecule has 1 aliphatic rings. The lowest BCUT2D eigenvalue weighted by atomic mass is 10.1. The van der Waals surface area contributed by atoms with Crippen molar-refractivity contribution < 1.29 is 14.1 Å². The van der Waals surface area contributed by atoms with Crippen LogP contribution >= 0.6 is 0 Å². The first-order chi connectivity index (χ1) is 16.2. The standard InChI is InChI=1S/C24H22N6O3/c31-23(22-10-12-26-33-22)27-18-3-1-17(2-4-18)21-9-11-25-24(29-21)28-19-5-7-20(8-6-19)30-13-15-32-16-14-30/h1-12H,13-16H2,(H,27,31)(H,25,28,29). The van der Waals surface area contributed by atoms with Crippen molar-refractivity contribution in [2.24, 2.45) is 0 Å². The minimum Gasteiger partial charge on any atom is -0.378 e. The van der Waals surface area contributed by atoms with Gasteiger partial charge in [-0.3, -0.25) is 4.79 Å². The molecule has 1 amide bonds. The van der Waals surface area contributed by atoms with Crippen molar-refractivity contribution in [1.82, 2.24) is 15.1 Å². The zero-order valence-electron chi connectivity index (χ0n) is 17.8. The first-order valence-corrected chi connectivity index (χ1v) is 10.6. The van der Waals surface area contributed by atoms with Crippen molar-refractivity contribution in [3.05, 3.63) is 78.8 Å². The number of hydrogen-bond acceptors (Lipinski definition) is 8. The van der Waals surface area contributed by atoms with Crippen LogP contribution in [0.5, 0.6) is 0 Å². The van der Waals surface area contributed by atoms with E-state index < -0.39 is 0 Å². The van der Waals surface area contributed by atoms with E-state index >= 15 is 0 Å². The Kier molecular flexibility index (Phi) is 5.94. The smallest absolute Gasteiger partial charge is 0.294 e. The number of hydrogen-bond donors (Lipinski definition) is 2. The Balaban J connectivity index is 1.24. The van der Waals surface area contributed by atoms with Gasteiger partial charge in [0.05, 0.1) is 25.1 Å².